The molecule has 1 aliphatic carbocycles. The third-order valence-corrected chi connectivity index (χ3v) is 2.47. The summed E-state index contributed by atoms with van der Waals surface area (Å²) in [5.41, 5.74) is -0.855. The van der Waals surface area contributed by atoms with E-state index in [1.165, 1.54) is 4.42 Å². The first-order valence-electron chi connectivity index (χ1n) is 3.55. The van der Waals surface area contributed by atoms with E-state index < -0.39 is 5.72 Å². The van der Waals surface area contributed by atoms with Crippen LogP contribution in [0.15, 0.2) is 0 Å². The minimum Gasteiger partial charge on any atom is -0.374 e. The van der Waals surface area contributed by atoms with Crippen molar-refractivity contribution >= 4 is 11.8 Å². The zero-order valence-corrected chi connectivity index (χ0v) is 7.44. The Kier molecular flexibility index (Phi) is 1.74. The van der Waals surface area contributed by atoms with Crippen LogP contribution in [0.1, 0.15) is 33.6 Å². The molecule has 0 aromatic heterocycles. The largest absolute Gasteiger partial charge is 0.374 e. The van der Waals surface area contributed by atoms with Crippen molar-refractivity contribution in [2.75, 3.05) is 0 Å². The third kappa shape index (κ3) is 1.44. The van der Waals surface area contributed by atoms with E-state index in [4.69, 9.17) is 11.8 Å². The highest BCUT2D eigenvalue weighted by atomic mass is 35.5. The highest BCUT2D eigenvalue weighted by molar-refractivity contribution is 6.14. The molecule has 0 bridgehead atoms. The van der Waals surface area contributed by atoms with E-state index in [9.17, 15) is 5.11 Å². The van der Waals surface area contributed by atoms with E-state index in [0.29, 0.717) is 0 Å². The van der Waals surface area contributed by atoms with Crippen molar-refractivity contribution in [2.45, 2.75) is 44.9 Å². The van der Waals surface area contributed by atoms with E-state index in [1.807, 2.05) is 20.8 Å². The molecule has 0 aromatic rings. The van der Waals surface area contributed by atoms with E-state index in [1.54, 1.807) is 0 Å². The fourth-order valence-corrected chi connectivity index (χ4v) is 1.10. The fraction of sp³-hybridized carbons (Fsp3) is 1.00. The van der Waals surface area contributed by atoms with Crippen LogP contribution in [-0.4, -0.2) is 20.8 Å². The lowest BCUT2D eigenvalue weighted by Crippen LogP contribution is -2.42. The molecule has 0 aromatic carbocycles. The lowest BCUT2D eigenvalue weighted by atomic mass is 10.1. The highest BCUT2D eigenvalue weighted by Gasteiger charge is 2.49. The van der Waals surface area contributed by atoms with Gasteiger partial charge >= 0.3 is 0 Å². The first-order valence-corrected chi connectivity index (χ1v) is 3.89. The number of aliphatic hydroxyl groups is 1. The quantitative estimate of drug-likeness (QED) is 0.470. The average molecular weight is 164 g/mol. The Morgan fingerprint density at radius 1 is 1.40 bits per heavy atom. The highest BCUT2D eigenvalue weighted by Crippen LogP contribution is 2.43. The molecule has 0 heterocycles. The first-order chi connectivity index (χ1) is 4.36. The van der Waals surface area contributed by atoms with Gasteiger partial charge in [0.05, 0.1) is 0 Å². The van der Waals surface area contributed by atoms with Crippen LogP contribution in [0.25, 0.3) is 0 Å². The second-order valence-electron chi connectivity index (χ2n) is 3.93. The van der Waals surface area contributed by atoms with E-state index in [0.717, 1.165) is 12.8 Å². The lowest BCUT2D eigenvalue weighted by molar-refractivity contribution is -0.00759. The molecule has 1 fully saturated rings. The zero-order chi connectivity index (χ0) is 7.99. The molecule has 1 saturated carbocycles. The summed E-state index contributed by atoms with van der Waals surface area (Å²) in [5, 5.41) is 9.53. The number of nitrogens with zero attached hydrogens (tertiary/aromatic N) is 1. The lowest BCUT2D eigenvalue weighted by Gasteiger charge is -2.32. The maximum absolute atomic E-state index is 9.53. The van der Waals surface area contributed by atoms with Crippen molar-refractivity contribution in [3.8, 4) is 0 Å². The summed E-state index contributed by atoms with van der Waals surface area (Å²) in [4.78, 5) is 0. The third-order valence-electron chi connectivity index (χ3n) is 1.65. The Labute approximate surface area is 66.9 Å². The van der Waals surface area contributed by atoms with Gasteiger partial charge in [-0.2, -0.15) is 4.42 Å². The molecule has 0 unspecified atom stereocenters. The molecule has 0 spiro atoms. The number of rotatable bonds is 1. The van der Waals surface area contributed by atoms with Gasteiger partial charge in [-0.3, -0.25) is 0 Å². The normalized spacial score (nSPS) is 23.4. The van der Waals surface area contributed by atoms with Crippen LogP contribution in [0, 0.1) is 0 Å². The maximum Gasteiger partial charge on any atom is 0.132 e. The second-order valence-corrected chi connectivity index (χ2v) is 4.27. The monoisotopic (exact) mass is 163 g/mol. The van der Waals surface area contributed by atoms with Crippen LogP contribution in [0.3, 0.4) is 0 Å². The van der Waals surface area contributed by atoms with Crippen LogP contribution in [0.5, 0.6) is 0 Å². The van der Waals surface area contributed by atoms with Gasteiger partial charge in [0.25, 0.3) is 0 Å². The van der Waals surface area contributed by atoms with Gasteiger partial charge in [0, 0.05) is 5.54 Å². The first kappa shape index (κ1) is 8.31. The van der Waals surface area contributed by atoms with Gasteiger partial charge in [0.1, 0.15) is 5.72 Å². The smallest absolute Gasteiger partial charge is 0.132 e. The summed E-state index contributed by atoms with van der Waals surface area (Å²) in [7, 11) is 0. The van der Waals surface area contributed by atoms with Crippen molar-refractivity contribution < 1.29 is 5.11 Å². The molecule has 0 amide bonds. The molecule has 0 aliphatic heterocycles. The standard InChI is InChI=1S/C7H14ClNO/c1-6(2,3)9(8)7(10)4-5-7/h10H,4-5H2,1-3H3. The van der Waals surface area contributed by atoms with Crippen molar-refractivity contribution in [1.29, 1.82) is 0 Å². The van der Waals surface area contributed by atoms with Crippen molar-refractivity contribution in [1.82, 2.24) is 4.42 Å². The molecule has 1 rings (SSSR count). The van der Waals surface area contributed by atoms with E-state index in [2.05, 4.69) is 0 Å². The average Bonchev–Trinajstić information content (AvgIpc) is 2.45. The predicted molar refractivity (Wildman–Crippen MR) is 41.6 cm³/mol. The van der Waals surface area contributed by atoms with Crippen molar-refractivity contribution in [3.63, 3.8) is 0 Å². The topological polar surface area (TPSA) is 23.5 Å². The van der Waals surface area contributed by atoms with Gasteiger partial charge in [0.2, 0.25) is 0 Å². The SMILES string of the molecule is CC(C)(C)N(Cl)C1(O)CC1. The van der Waals surface area contributed by atoms with Crippen LogP contribution >= 0.6 is 11.8 Å². The van der Waals surface area contributed by atoms with Crippen molar-refractivity contribution in [3.05, 3.63) is 0 Å². The van der Waals surface area contributed by atoms with Gasteiger partial charge in [-0.15, -0.1) is 0 Å². The maximum atomic E-state index is 9.53. The van der Waals surface area contributed by atoms with Crippen LogP contribution in [0.2, 0.25) is 0 Å². The van der Waals surface area contributed by atoms with Crippen LogP contribution < -0.4 is 0 Å². The number of halogens is 1. The Morgan fingerprint density at radius 2 is 1.80 bits per heavy atom. The molecule has 1 aliphatic rings. The Bertz CT molecular complexity index is 132. The Morgan fingerprint density at radius 3 is 1.90 bits per heavy atom. The fourth-order valence-electron chi connectivity index (χ4n) is 0.932. The molecule has 0 saturated heterocycles. The molecule has 0 radical (unpaired) electrons. The number of hydrogen-bond acceptors (Lipinski definition) is 2. The van der Waals surface area contributed by atoms with Crippen LogP contribution in [-0.2, 0) is 0 Å². The number of hydrogen-bond donors (Lipinski definition) is 1. The Balaban J connectivity index is 2.57. The molecular weight excluding hydrogens is 150 g/mol. The molecular formula is C7H14ClNO. The molecule has 60 valence electrons. The summed E-state index contributed by atoms with van der Waals surface area (Å²) in [6.45, 7) is 5.95. The van der Waals surface area contributed by atoms with Gasteiger partial charge in [-0.1, -0.05) is 0 Å². The summed E-state index contributed by atoms with van der Waals surface area (Å²) in [6.07, 6.45) is 1.60. The summed E-state index contributed by atoms with van der Waals surface area (Å²) in [5.74, 6) is 0. The van der Waals surface area contributed by atoms with Gasteiger partial charge in [-0.05, 0) is 45.4 Å². The van der Waals surface area contributed by atoms with Crippen LogP contribution in [0.4, 0.5) is 0 Å². The summed E-state index contributed by atoms with van der Waals surface area (Å²) >= 11 is 5.88. The minimum atomic E-state index is -0.709. The Hall–Kier alpha value is 0.210. The molecule has 2 nitrogen and oxygen atoms in total. The second kappa shape index (κ2) is 2.10. The molecule has 3 heteroatoms. The summed E-state index contributed by atoms with van der Waals surface area (Å²) < 4.78 is 1.51. The van der Waals surface area contributed by atoms with E-state index >= 15 is 0 Å². The minimum absolute atomic E-state index is 0.146. The molecule has 1 N–H and O–H groups in total. The van der Waals surface area contributed by atoms with E-state index in [-0.39, 0.29) is 5.54 Å². The predicted octanol–water partition coefficient (Wildman–Crippen LogP) is 1.72. The van der Waals surface area contributed by atoms with Gasteiger partial charge < -0.3 is 5.11 Å². The molecule has 0 atom stereocenters. The van der Waals surface area contributed by atoms with Crippen molar-refractivity contribution in [2.24, 2.45) is 0 Å². The molecule has 10 heavy (non-hydrogen) atoms. The summed E-state index contributed by atoms with van der Waals surface area (Å²) in [6, 6.07) is 0. The zero-order valence-electron chi connectivity index (χ0n) is 6.69. The van der Waals surface area contributed by atoms with Gasteiger partial charge in [-0.25, -0.2) is 0 Å². The van der Waals surface area contributed by atoms with Gasteiger partial charge in [0.15, 0.2) is 0 Å².